The van der Waals surface area contributed by atoms with Crippen molar-refractivity contribution in [1.29, 1.82) is 0 Å². The maximum Gasteiger partial charge on any atom is 0.339 e. The van der Waals surface area contributed by atoms with Gasteiger partial charge in [0.15, 0.2) is 0 Å². The molecule has 19 heavy (non-hydrogen) atoms. The first kappa shape index (κ1) is 13.4. The molecule has 0 saturated heterocycles. The van der Waals surface area contributed by atoms with E-state index in [1.54, 1.807) is 30.3 Å². The number of benzene rings is 2. The van der Waals surface area contributed by atoms with Gasteiger partial charge < -0.3 is 10.5 Å². The van der Waals surface area contributed by atoms with Crippen LogP contribution in [0.1, 0.15) is 10.4 Å². The van der Waals surface area contributed by atoms with Crippen molar-refractivity contribution in [3.8, 4) is 0 Å². The van der Waals surface area contributed by atoms with Crippen LogP contribution in [-0.4, -0.2) is 13.1 Å². The average molecular weight is 277 g/mol. The molecule has 98 valence electrons. The highest BCUT2D eigenvalue weighted by Gasteiger charge is 2.11. The fourth-order valence-electron chi connectivity index (χ4n) is 1.52. The van der Waals surface area contributed by atoms with Gasteiger partial charge in [0.05, 0.1) is 12.7 Å². The summed E-state index contributed by atoms with van der Waals surface area (Å²) in [6.45, 7) is 0. The summed E-state index contributed by atoms with van der Waals surface area (Å²) in [5.41, 5.74) is 6.42. The Kier molecular flexibility index (Phi) is 4.06. The second kappa shape index (κ2) is 5.75. The van der Waals surface area contributed by atoms with Gasteiger partial charge >= 0.3 is 5.97 Å². The lowest BCUT2D eigenvalue weighted by atomic mass is 10.2. The Hall–Kier alpha value is -2.01. The molecule has 0 aromatic heterocycles. The van der Waals surface area contributed by atoms with Gasteiger partial charge in [-0.05, 0) is 42.5 Å². The first-order valence-corrected chi connectivity index (χ1v) is 6.33. The number of anilines is 1. The van der Waals surface area contributed by atoms with Crippen molar-refractivity contribution in [3.63, 3.8) is 0 Å². The minimum atomic E-state index is -0.473. The fraction of sp³-hybridized carbons (Fsp3) is 0.0714. The number of ether oxygens (including phenoxy) is 1. The number of nitrogen functional groups attached to an aromatic ring is 1. The maximum absolute atomic E-state index is 12.8. The second-order valence-electron chi connectivity index (χ2n) is 3.80. The first-order chi connectivity index (χ1) is 9.10. The number of nitrogens with two attached hydrogens (primary N) is 1. The number of esters is 1. The molecule has 0 spiro atoms. The maximum atomic E-state index is 12.8. The molecule has 0 aliphatic rings. The van der Waals surface area contributed by atoms with Crippen LogP contribution in [0, 0.1) is 5.82 Å². The summed E-state index contributed by atoms with van der Waals surface area (Å²) in [5.74, 6) is -0.754. The molecule has 0 aliphatic heterocycles. The normalized spacial score (nSPS) is 10.2. The Balaban J connectivity index is 2.26. The molecule has 3 nitrogen and oxygen atoms in total. The average Bonchev–Trinajstić information content (AvgIpc) is 2.42. The molecule has 0 amide bonds. The molecular weight excluding hydrogens is 265 g/mol. The molecule has 0 radical (unpaired) electrons. The first-order valence-electron chi connectivity index (χ1n) is 5.51. The summed E-state index contributed by atoms with van der Waals surface area (Å²) in [4.78, 5) is 13.2. The van der Waals surface area contributed by atoms with Gasteiger partial charge in [0.1, 0.15) is 5.82 Å². The van der Waals surface area contributed by atoms with Gasteiger partial charge in [0, 0.05) is 15.5 Å². The molecule has 5 heteroatoms. The van der Waals surface area contributed by atoms with Gasteiger partial charge in [-0.25, -0.2) is 9.18 Å². The molecule has 2 rings (SSSR count). The predicted molar refractivity (Wildman–Crippen MR) is 72.7 cm³/mol. The molecule has 0 saturated carbocycles. The van der Waals surface area contributed by atoms with Crippen LogP contribution in [0.5, 0.6) is 0 Å². The molecule has 0 bridgehead atoms. The van der Waals surface area contributed by atoms with E-state index in [1.807, 2.05) is 0 Å². The standard InChI is InChI=1S/C14H12FNO2S/c1-18-14(17)12-8-11(6-7-13(12)16)19-10-4-2-9(15)3-5-10/h2-8H,16H2,1H3. The van der Waals surface area contributed by atoms with Crippen LogP contribution in [0.3, 0.4) is 0 Å². The van der Waals surface area contributed by atoms with E-state index in [4.69, 9.17) is 5.73 Å². The zero-order chi connectivity index (χ0) is 13.8. The van der Waals surface area contributed by atoms with E-state index in [0.717, 1.165) is 9.79 Å². The van der Waals surface area contributed by atoms with Crippen LogP contribution in [0.2, 0.25) is 0 Å². The van der Waals surface area contributed by atoms with Crippen LogP contribution in [0.25, 0.3) is 0 Å². The Morgan fingerprint density at radius 2 is 1.79 bits per heavy atom. The number of carbonyl (C=O) groups is 1. The van der Waals surface area contributed by atoms with Crippen molar-refractivity contribution in [1.82, 2.24) is 0 Å². The van der Waals surface area contributed by atoms with Crippen LogP contribution >= 0.6 is 11.8 Å². The number of carbonyl (C=O) groups excluding carboxylic acids is 1. The summed E-state index contributed by atoms with van der Waals surface area (Å²) in [6.07, 6.45) is 0. The van der Waals surface area contributed by atoms with Crippen molar-refractivity contribution in [2.24, 2.45) is 0 Å². The van der Waals surface area contributed by atoms with E-state index in [2.05, 4.69) is 4.74 Å². The van der Waals surface area contributed by atoms with Gasteiger partial charge in [-0.15, -0.1) is 0 Å². The second-order valence-corrected chi connectivity index (χ2v) is 4.94. The number of methoxy groups -OCH3 is 1. The number of rotatable bonds is 3. The van der Waals surface area contributed by atoms with Gasteiger partial charge in [0.25, 0.3) is 0 Å². The Morgan fingerprint density at radius 1 is 1.16 bits per heavy atom. The third-order valence-corrected chi connectivity index (χ3v) is 3.48. The van der Waals surface area contributed by atoms with E-state index in [1.165, 1.54) is 31.0 Å². The predicted octanol–water partition coefficient (Wildman–Crippen LogP) is 3.35. The molecule has 2 N–H and O–H groups in total. The third kappa shape index (κ3) is 3.26. The molecule has 0 atom stereocenters. The monoisotopic (exact) mass is 277 g/mol. The quantitative estimate of drug-likeness (QED) is 0.690. The van der Waals surface area contributed by atoms with Gasteiger partial charge in [-0.1, -0.05) is 11.8 Å². The molecule has 0 unspecified atom stereocenters. The van der Waals surface area contributed by atoms with Gasteiger partial charge in [-0.3, -0.25) is 0 Å². The molecule has 0 heterocycles. The van der Waals surface area contributed by atoms with E-state index in [9.17, 15) is 9.18 Å². The van der Waals surface area contributed by atoms with Crippen molar-refractivity contribution < 1.29 is 13.9 Å². The summed E-state index contributed by atoms with van der Waals surface area (Å²) in [5, 5.41) is 0. The number of hydrogen-bond donors (Lipinski definition) is 1. The highest BCUT2D eigenvalue weighted by molar-refractivity contribution is 7.99. The van der Waals surface area contributed by atoms with E-state index in [-0.39, 0.29) is 5.82 Å². The Labute approximate surface area is 114 Å². The third-order valence-electron chi connectivity index (χ3n) is 2.48. The van der Waals surface area contributed by atoms with Crippen LogP contribution in [0.4, 0.5) is 10.1 Å². The lowest BCUT2D eigenvalue weighted by molar-refractivity contribution is 0.0601. The molecule has 2 aromatic rings. The molecule has 0 aliphatic carbocycles. The largest absolute Gasteiger partial charge is 0.465 e. The highest BCUT2D eigenvalue weighted by Crippen LogP contribution is 2.30. The minimum Gasteiger partial charge on any atom is -0.465 e. The van der Waals surface area contributed by atoms with Crippen LogP contribution in [0.15, 0.2) is 52.3 Å². The van der Waals surface area contributed by atoms with E-state index < -0.39 is 5.97 Å². The smallest absolute Gasteiger partial charge is 0.339 e. The van der Waals surface area contributed by atoms with Gasteiger partial charge in [-0.2, -0.15) is 0 Å². The summed E-state index contributed by atoms with van der Waals surface area (Å²) in [6, 6.07) is 11.2. The zero-order valence-corrected chi connectivity index (χ0v) is 11.0. The molecular formula is C14H12FNO2S. The van der Waals surface area contributed by atoms with Crippen molar-refractivity contribution in [3.05, 3.63) is 53.8 Å². The minimum absolute atomic E-state index is 0.281. The van der Waals surface area contributed by atoms with E-state index >= 15 is 0 Å². The summed E-state index contributed by atoms with van der Waals surface area (Å²) < 4.78 is 17.5. The Morgan fingerprint density at radius 3 is 2.42 bits per heavy atom. The topological polar surface area (TPSA) is 52.3 Å². The summed E-state index contributed by atoms with van der Waals surface area (Å²) in [7, 11) is 1.31. The lowest BCUT2D eigenvalue weighted by Crippen LogP contribution is -2.05. The van der Waals surface area contributed by atoms with Crippen molar-refractivity contribution in [2.75, 3.05) is 12.8 Å². The SMILES string of the molecule is COC(=O)c1cc(Sc2ccc(F)cc2)ccc1N. The van der Waals surface area contributed by atoms with E-state index in [0.29, 0.717) is 11.3 Å². The lowest BCUT2D eigenvalue weighted by Gasteiger charge is -2.07. The molecule has 2 aromatic carbocycles. The van der Waals surface area contributed by atoms with Gasteiger partial charge in [0.2, 0.25) is 0 Å². The number of halogens is 1. The fourth-order valence-corrected chi connectivity index (χ4v) is 2.38. The Bertz CT molecular complexity index is 599. The highest BCUT2D eigenvalue weighted by atomic mass is 32.2. The van der Waals surface area contributed by atoms with Crippen molar-refractivity contribution in [2.45, 2.75) is 9.79 Å². The van der Waals surface area contributed by atoms with Crippen molar-refractivity contribution >= 4 is 23.4 Å². The van der Waals surface area contributed by atoms with Crippen LogP contribution in [-0.2, 0) is 4.74 Å². The summed E-state index contributed by atoms with van der Waals surface area (Å²) >= 11 is 1.42. The number of hydrogen-bond acceptors (Lipinski definition) is 4. The zero-order valence-electron chi connectivity index (χ0n) is 10.2. The van der Waals surface area contributed by atoms with Crippen LogP contribution < -0.4 is 5.73 Å². The molecule has 0 fully saturated rings.